The highest BCUT2D eigenvalue weighted by molar-refractivity contribution is 4.73. The summed E-state index contributed by atoms with van der Waals surface area (Å²) in [7, 11) is 1.78. The molecule has 0 aromatic rings. The topological polar surface area (TPSA) is 24.5 Å². The van der Waals surface area contributed by atoms with Gasteiger partial charge in [-0.1, -0.05) is 0 Å². The molecule has 2 unspecified atom stereocenters. The zero-order valence-electron chi connectivity index (χ0n) is 10.5. The van der Waals surface area contributed by atoms with Crippen LogP contribution in [0.25, 0.3) is 0 Å². The quantitative estimate of drug-likeness (QED) is 0.767. The maximum absolute atomic E-state index is 5.14. The molecule has 1 N–H and O–H groups in total. The first-order valence-corrected chi connectivity index (χ1v) is 6.20. The van der Waals surface area contributed by atoms with E-state index in [1.165, 1.54) is 25.9 Å². The summed E-state index contributed by atoms with van der Waals surface area (Å²) in [5, 5.41) is 3.54. The molecule has 3 heteroatoms. The molecule has 90 valence electrons. The smallest absolute Gasteiger partial charge is 0.0477 e. The zero-order chi connectivity index (χ0) is 11.1. The Bertz CT molecular complexity index is 164. The second kappa shape index (κ2) is 7.20. The lowest BCUT2D eigenvalue weighted by atomic mass is 10.1. The molecule has 0 bridgehead atoms. The molecule has 3 nitrogen and oxygen atoms in total. The first-order chi connectivity index (χ1) is 7.24. The Morgan fingerprint density at radius 3 is 3.00 bits per heavy atom. The van der Waals surface area contributed by atoms with E-state index in [1.807, 2.05) is 0 Å². The lowest BCUT2D eigenvalue weighted by Crippen LogP contribution is -2.42. The Hall–Kier alpha value is -0.120. The van der Waals surface area contributed by atoms with Gasteiger partial charge in [-0.25, -0.2) is 0 Å². The average Bonchev–Trinajstić information content (AvgIpc) is 2.21. The van der Waals surface area contributed by atoms with Crippen molar-refractivity contribution in [3.05, 3.63) is 0 Å². The van der Waals surface area contributed by atoms with Gasteiger partial charge in [0.1, 0.15) is 0 Å². The Morgan fingerprint density at radius 2 is 2.27 bits per heavy atom. The van der Waals surface area contributed by atoms with Crippen LogP contribution in [0.1, 0.15) is 33.1 Å². The highest BCUT2D eigenvalue weighted by Gasteiger charge is 2.16. The Balaban J connectivity index is 2.30. The predicted molar refractivity (Wildman–Crippen MR) is 64.2 cm³/mol. The van der Waals surface area contributed by atoms with Crippen molar-refractivity contribution in [1.29, 1.82) is 0 Å². The third-order valence-corrected chi connectivity index (χ3v) is 3.33. The molecule has 0 amide bonds. The van der Waals surface area contributed by atoms with Gasteiger partial charge in [0.2, 0.25) is 0 Å². The first-order valence-electron chi connectivity index (χ1n) is 6.20. The molecule has 0 radical (unpaired) electrons. The number of hydrogen-bond donors (Lipinski definition) is 1. The third kappa shape index (κ3) is 4.96. The van der Waals surface area contributed by atoms with Gasteiger partial charge in [0.05, 0.1) is 0 Å². The van der Waals surface area contributed by atoms with E-state index in [2.05, 4.69) is 24.1 Å². The molecule has 1 fully saturated rings. The van der Waals surface area contributed by atoms with E-state index in [0.717, 1.165) is 19.6 Å². The highest BCUT2D eigenvalue weighted by Crippen LogP contribution is 2.09. The van der Waals surface area contributed by atoms with E-state index in [9.17, 15) is 0 Å². The molecule has 1 heterocycles. The Labute approximate surface area is 94.2 Å². The fourth-order valence-corrected chi connectivity index (χ4v) is 2.12. The van der Waals surface area contributed by atoms with Crippen LogP contribution < -0.4 is 5.32 Å². The molecular formula is C12H26N2O. The maximum atomic E-state index is 5.14. The summed E-state index contributed by atoms with van der Waals surface area (Å²) < 4.78 is 5.14. The minimum atomic E-state index is 0.662. The van der Waals surface area contributed by atoms with Crippen LogP contribution in [0.4, 0.5) is 0 Å². The third-order valence-electron chi connectivity index (χ3n) is 3.33. The van der Waals surface area contributed by atoms with Crippen LogP contribution >= 0.6 is 0 Å². The lowest BCUT2D eigenvalue weighted by molar-refractivity contribution is 0.129. The Morgan fingerprint density at radius 1 is 1.47 bits per heavy atom. The number of rotatable bonds is 4. The van der Waals surface area contributed by atoms with Crippen molar-refractivity contribution >= 4 is 0 Å². The van der Waals surface area contributed by atoms with Crippen LogP contribution in [-0.4, -0.2) is 50.3 Å². The molecule has 1 saturated heterocycles. The van der Waals surface area contributed by atoms with Crippen LogP contribution in [0.3, 0.4) is 0 Å². The fraction of sp³-hybridized carbons (Fsp3) is 1.00. The van der Waals surface area contributed by atoms with Gasteiger partial charge in [-0.15, -0.1) is 0 Å². The van der Waals surface area contributed by atoms with Gasteiger partial charge in [-0.05, 0) is 52.7 Å². The van der Waals surface area contributed by atoms with Crippen molar-refractivity contribution in [2.75, 3.05) is 33.4 Å². The number of methoxy groups -OCH3 is 1. The van der Waals surface area contributed by atoms with Crippen molar-refractivity contribution in [3.8, 4) is 0 Å². The number of nitrogens with zero attached hydrogens (tertiary/aromatic N) is 1. The van der Waals surface area contributed by atoms with Gasteiger partial charge in [0.25, 0.3) is 0 Å². The molecule has 0 aliphatic carbocycles. The monoisotopic (exact) mass is 214 g/mol. The maximum Gasteiger partial charge on any atom is 0.0477 e. The molecule has 1 aliphatic rings. The molecule has 0 aromatic carbocycles. The summed E-state index contributed by atoms with van der Waals surface area (Å²) in [6, 6.07) is 1.33. The number of nitrogens with one attached hydrogen (secondary N) is 1. The zero-order valence-corrected chi connectivity index (χ0v) is 10.5. The summed E-state index contributed by atoms with van der Waals surface area (Å²) >= 11 is 0. The summed E-state index contributed by atoms with van der Waals surface area (Å²) in [5.41, 5.74) is 0. The lowest BCUT2D eigenvalue weighted by Gasteiger charge is -2.32. The summed E-state index contributed by atoms with van der Waals surface area (Å²) in [6.07, 6.45) is 3.68. The standard InChI is InChI=1S/C12H26N2O/c1-11-5-9-14(8-4-7-13-11)12(2)6-10-15-3/h11-13H,4-10H2,1-3H3. The first kappa shape index (κ1) is 12.9. The second-order valence-electron chi connectivity index (χ2n) is 4.66. The van der Waals surface area contributed by atoms with Crippen LogP contribution in [0.2, 0.25) is 0 Å². The Kier molecular flexibility index (Phi) is 6.22. The average molecular weight is 214 g/mol. The second-order valence-corrected chi connectivity index (χ2v) is 4.66. The van der Waals surface area contributed by atoms with Gasteiger partial charge in [-0.3, -0.25) is 0 Å². The van der Waals surface area contributed by atoms with E-state index < -0.39 is 0 Å². The van der Waals surface area contributed by atoms with Crippen LogP contribution in [-0.2, 0) is 4.74 Å². The highest BCUT2D eigenvalue weighted by atomic mass is 16.5. The summed E-state index contributed by atoms with van der Waals surface area (Å²) in [4.78, 5) is 2.61. The molecule has 0 aromatic heterocycles. The molecular weight excluding hydrogens is 188 g/mol. The normalized spacial score (nSPS) is 27.0. The summed E-state index contributed by atoms with van der Waals surface area (Å²) in [5.74, 6) is 0. The predicted octanol–water partition coefficient (Wildman–Crippen LogP) is 1.49. The fourth-order valence-electron chi connectivity index (χ4n) is 2.12. The van der Waals surface area contributed by atoms with Gasteiger partial charge in [0.15, 0.2) is 0 Å². The van der Waals surface area contributed by atoms with Crippen molar-refractivity contribution in [2.24, 2.45) is 0 Å². The van der Waals surface area contributed by atoms with Gasteiger partial charge < -0.3 is 15.0 Å². The van der Waals surface area contributed by atoms with E-state index in [1.54, 1.807) is 7.11 Å². The summed E-state index contributed by atoms with van der Waals surface area (Å²) in [6.45, 7) is 9.09. The van der Waals surface area contributed by atoms with E-state index in [-0.39, 0.29) is 0 Å². The van der Waals surface area contributed by atoms with Gasteiger partial charge in [0, 0.05) is 25.8 Å². The molecule has 0 spiro atoms. The van der Waals surface area contributed by atoms with E-state index in [4.69, 9.17) is 4.74 Å². The van der Waals surface area contributed by atoms with E-state index in [0.29, 0.717) is 12.1 Å². The van der Waals surface area contributed by atoms with Gasteiger partial charge >= 0.3 is 0 Å². The number of ether oxygens (including phenoxy) is 1. The SMILES string of the molecule is COCCC(C)N1CCCNC(C)CC1. The van der Waals surface area contributed by atoms with Crippen LogP contribution in [0.15, 0.2) is 0 Å². The molecule has 1 rings (SSSR count). The van der Waals surface area contributed by atoms with Crippen molar-refractivity contribution in [2.45, 2.75) is 45.2 Å². The van der Waals surface area contributed by atoms with Gasteiger partial charge in [-0.2, -0.15) is 0 Å². The molecule has 1 aliphatic heterocycles. The molecule has 15 heavy (non-hydrogen) atoms. The minimum absolute atomic E-state index is 0.662. The molecule has 0 saturated carbocycles. The van der Waals surface area contributed by atoms with Crippen LogP contribution in [0.5, 0.6) is 0 Å². The number of hydrogen-bond acceptors (Lipinski definition) is 3. The largest absolute Gasteiger partial charge is 0.385 e. The molecule has 2 atom stereocenters. The van der Waals surface area contributed by atoms with Crippen molar-refractivity contribution in [3.63, 3.8) is 0 Å². The van der Waals surface area contributed by atoms with Crippen LogP contribution in [0, 0.1) is 0 Å². The van der Waals surface area contributed by atoms with E-state index >= 15 is 0 Å². The van der Waals surface area contributed by atoms with Crippen molar-refractivity contribution < 1.29 is 4.74 Å². The van der Waals surface area contributed by atoms with Crippen molar-refractivity contribution in [1.82, 2.24) is 10.2 Å². The minimum Gasteiger partial charge on any atom is -0.385 e.